The van der Waals surface area contributed by atoms with Crippen LogP contribution in [-0.2, 0) is 0 Å². The van der Waals surface area contributed by atoms with Gasteiger partial charge in [-0.15, -0.1) is 0 Å². The monoisotopic (exact) mass is 369 g/mol. The van der Waals surface area contributed by atoms with E-state index in [0.29, 0.717) is 36.0 Å². The fraction of sp³-hybridized carbons (Fsp3) is 0.316. The predicted molar refractivity (Wildman–Crippen MR) is 101 cm³/mol. The molecule has 0 spiro atoms. The summed E-state index contributed by atoms with van der Waals surface area (Å²) in [7, 11) is 2.96. The molecular weight excluding hydrogens is 346 g/mol. The van der Waals surface area contributed by atoms with Crippen LogP contribution in [-0.4, -0.2) is 33.0 Å². The predicted octanol–water partition coefficient (Wildman–Crippen LogP) is 0.649. The Kier molecular flexibility index (Phi) is 9.58. The summed E-state index contributed by atoms with van der Waals surface area (Å²) in [6.07, 6.45) is 0. The molecule has 0 fully saturated rings. The number of carbonyl (C=O) groups excluding carboxylic acids is 1. The molecule has 1 unspecified atom stereocenters. The second kappa shape index (κ2) is 11.1. The Hall–Kier alpha value is -1.66. The van der Waals surface area contributed by atoms with Gasteiger partial charge in [0, 0.05) is 11.4 Å². The summed E-state index contributed by atoms with van der Waals surface area (Å²) < 4.78 is 21.9. The molecule has 0 saturated heterocycles. The smallest absolute Gasteiger partial charge is 0.496 e. The van der Waals surface area contributed by atoms with E-state index in [1.807, 2.05) is 32.0 Å². The van der Waals surface area contributed by atoms with Crippen molar-refractivity contribution in [2.45, 2.75) is 13.8 Å². The van der Waals surface area contributed by atoms with Crippen LogP contribution in [0.2, 0.25) is 0 Å². The largest absolute Gasteiger partial charge is 1.00 e. The van der Waals surface area contributed by atoms with Crippen molar-refractivity contribution in [2.75, 3.05) is 27.4 Å². The third kappa shape index (κ3) is 5.41. The molecule has 2 aromatic carbocycles. The summed E-state index contributed by atoms with van der Waals surface area (Å²) in [6.45, 7) is 4.92. The molecule has 7 heteroatoms. The first-order valence-corrected chi connectivity index (χ1v) is 9.06. The molecule has 1 atom stereocenters. The molecule has 0 bridgehead atoms. The molecule has 0 radical (unpaired) electrons. The summed E-state index contributed by atoms with van der Waals surface area (Å²) >= 11 is 0. The van der Waals surface area contributed by atoms with Crippen LogP contribution in [0.25, 0.3) is 0 Å². The first-order chi connectivity index (χ1) is 12.1. The van der Waals surface area contributed by atoms with Gasteiger partial charge in [0.2, 0.25) is 0 Å². The van der Waals surface area contributed by atoms with E-state index in [0.717, 1.165) is 11.1 Å². The maximum absolute atomic E-state index is 12.9. The third-order valence-electron chi connectivity index (χ3n) is 3.47. The van der Waals surface area contributed by atoms with Crippen LogP contribution in [0.5, 0.6) is 23.0 Å². The normalized spacial score (nSPS) is 10.3. The fourth-order valence-electron chi connectivity index (χ4n) is 2.40. The summed E-state index contributed by atoms with van der Waals surface area (Å²) in [5.74, 6) is 2.39. The molecule has 134 valence electrons. The van der Waals surface area contributed by atoms with E-state index >= 15 is 0 Å². The molecule has 26 heavy (non-hydrogen) atoms. The number of benzene rings is 2. The van der Waals surface area contributed by atoms with Gasteiger partial charge in [-0.05, 0) is 46.7 Å². The average molecular weight is 369 g/mol. The first-order valence-electron chi connectivity index (χ1n) is 8.06. The zero-order chi connectivity index (χ0) is 18.2. The second-order valence-electron chi connectivity index (χ2n) is 5.02. The van der Waals surface area contributed by atoms with Crippen LogP contribution in [0.1, 0.15) is 24.2 Å². The van der Waals surface area contributed by atoms with Gasteiger partial charge in [-0.3, -0.25) is 4.79 Å². The molecule has 0 aliphatic carbocycles. The molecule has 0 saturated carbocycles. The van der Waals surface area contributed by atoms with E-state index in [1.54, 1.807) is 18.2 Å². The van der Waals surface area contributed by atoms with E-state index in [1.165, 1.54) is 14.2 Å². The minimum atomic E-state index is -0.118. The van der Waals surface area contributed by atoms with Crippen molar-refractivity contribution < 1.29 is 42.6 Å². The van der Waals surface area contributed by atoms with Crippen molar-refractivity contribution in [3.63, 3.8) is 0 Å². The van der Waals surface area contributed by atoms with Gasteiger partial charge in [0.25, 0.3) is 0 Å². The molecule has 0 aliphatic rings. The summed E-state index contributed by atoms with van der Waals surface area (Å²) in [6, 6.07) is 10.8. The van der Waals surface area contributed by atoms with Gasteiger partial charge in [0.1, 0.15) is 28.6 Å². The summed E-state index contributed by atoms with van der Waals surface area (Å²) in [4.78, 5) is 12.9. The van der Waals surface area contributed by atoms with Crippen LogP contribution in [0.15, 0.2) is 36.4 Å². The zero-order valence-corrected chi connectivity index (χ0v) is 16.9. The second-order valence-corrected chi connectivity index (χ2v) is 6.26. The maximum Gasteiger partial charge on any atom is 1.00 e. The van der Waals surface area contributed by atoms with E-state index in [2.05, 4.69) is 0 Å². The number of hydrogen-bond acceptors (Lipinski definition) is 5. The van der Waals surface area contributed by atoms with Crippen LogP contribution >= 0.6 is 8.58 Å². The minimum absolute atomic E-state index is 0. The Morgan fingerprint density at radius 3 is 2.08 bits per heavy atom. The molecule has 0 aliphatic heterocycles. The Morgan fingerprint density at radius 1 is 0.923 bits per heavy atom. The molecule has 2 aromatic rings. The topological polar surface area (TPSA) is 54.0 Å². The standard InChI is InChI=1S/C19H23O5P.Li/c1-5-23-13-10-11-17(16(12-13)24-6-2)25-19(20)18-14(21-3)8-7-9-15(18)22-4;/h7-12,25H,5-6H2,1-4H3;/q;+1. The quantitative estimate of drug-likeness (QED) is 0.480. The molecular formula is C19H23LiO5P+. The first kappa shape index (κ1) is 22.4. The van der Waals surface area contributed by atoms with E-state index in [4.69, 9.17) is 18.9 Å². The van der Waals surface area contributed by atoms with Gasteiger partial charge >= 0.3 is 18.9 Å². The van der Waals surface area contributed by atoms with E-state index in [9.17, 15) is 4.79 Å². The van der Waals surface area contributed by atoms with Crippen LogP contribution in [0, 0.1) is 0 Å². The van der Waals surface area contributed by atoms with Crippen LogP contribution in [0.4, 0.5) is 0 Å². The van der Waals surface area contributed by atoms with Crippen molar-refractivity contribution in [2.24, 2.45) is 0 Å². The van der Waals surface area contributed by atoms with Gasteiger partial charge in [-0.1, -0.05) is 6.07 Å². The number of rotatable bonds is 9. The van der Waals surface area contributed by atoms with E-state index in [-0.39, 0.29) is 33.0 Å². The SMILES string of the molecule is CCOc1ccc(PC(=O)c2c(OC)cccc2OC)c(OCC)c1.[Li+]. The number of carbonyl (C=O) groups is 1. The Bertz CT molecular complexity index is 714. The van der Waals surface area contributed by atoms with Crippen LogP contribution in [0.3, 0.4) is 0 Å². The minimum Gasteiger partial charge on any atom is -0.496 e. The van der Waals surface area contributed by atoms with Crippen molar-refractivity contribution in [3.05, 3.63) is 42.0 Å². The zero-order valence-electron chi connectivity index (χ0n) is 15.9. The van der Waals surface area contributed by atoms with Gasteiger partial charge in [-0.2, -0.15) is 0 Å². The van der Waals surface area contributed by atoms with Crippen molar-refractivity contribution >= 4 is 19.4 Å². The molecule has 0 aromatic heterocycles. The molecule has 0 N–H and O–H groups in total. The number of methoxy groups -OCH3 is 2. The Labute approximate surface area is 168 Å². The van der Waals surface area contributed by atoms with Gasteiger partial charge < -0.3 is 18.9 Å². The summed E-state index contributed by atoms with van der Waals surface area (Å²) in [5.41, 5.74) is 0.376. The third-order valence-corrected chi connectivity index (χ3v) is 4.63. The van der Waals surface area contributed by atoms with Crippen molar-refractivity contribution in [1.82, 2.24) is 0 Å². The maximum atomic E-state index is 12.9. The van der Waals surface area contributed by atoms with Gasteiger partial charge in [0.05, 0.1) is 27.4 Å². The average Bonchev–Trinajstić information content (AvgIpc) is 2.63. The van der Waals surface area contributed by atoms with Crippen molar-refractivity contribution in [3.8, 4) is 23.0 Å². The Morgan fingerprint density at radius 2 is 1.54 bits per heavy atom. The molecule has 2 rings (SSSR count). The van der Waals surface area contributed by atoms with Crippen LogP contribution < -0.4 is 43.1 Å². The number of hydrogen-bond donors (Lipinski definition) is 0. The van der Waals surface area contributed by atoms with Gasteiger partial charge in [0.15, 0.2) is 5.52 Å². The van der Waals surface area contributed by atoms with Gasteiger partial charge in [-0.25, -0.2) is 0 Å². The summed E-state index contributed by atoms with van der Waals surface area (Å²) in [5, 5.41) is 0.822. The molecule has 0 heterocycles. The number of ether oxygens (including phenoxy) is 4. The van der Waals surface area contributed by atoms with E-state index < -0.39 is 0 Å². The Balaban J connectivity index is 0.00000338. The fourth-order valence-corrected chi connectivity index (χ4v) is 3.45. The molecule has 0 amide bonds. The van der Waals surface area contributed by atoms with Crippen molar-refractivity contribution in [1.29, 1.82) is 0 Å². The molecule has 5 nitrogen and oxygen atoms in total.